The van der Waals surface area contributed by atoms with Gasteiger partial charge >= 0.3 is 0 Å². The number of nitrogens with zero attached hydrogens (tertiary/aromatic N) is 5. The summed E-state index contributed by atoms with van der Waals surface area (Å²) < 4.78 is 0. The summed E-state index contributed by atoms with van der Waals surface area (Å²) in [6.07, 6.45) is 3.41. The number of hydrogen-bond donors (Lipinski definition) is 1. The van der Waals surface area contributed by atoms with Crippen LogP contribution in [0.1, 0.15) is 0 Å². The van der Waals surface area contributed by atoms with Crippen molar-refractivity contribution in [1.82, 2.24) is 14.9 Å². The van der Waals surface area contributed by atoms with E-state index < -0.39 is 4.92 Å². The van der Waals surface area contributed by atoms with Crippen molar-refractivity contribution in [1.29, 1.82) is 0 Å². The number of nitro groups is 1. The second kappa shape index (κ2) is 7.67. The second-order valence-electron chi connectivity index (χ2n) is 5.63. The van der Waals surface area contributed by atoms with Gasteiger partial charge in [0, 0.05) is 44.6 Å². The largest absolute Gasteiger partial charge is 0.338 e. The molecule has 1 fully saturated rings. The molecule has 0 aliphatic carbocycles. The van der Waals surface area contributed by atoms with Crippen molar-refractivity contribution >= 4 is 23.2 Å². The third-order valence-corrected chi connectivity index (χ3v) is 3.95. The SMILES string of the molecule is O=C(CN1CCN(c2ncccn2)CC1)Nc1ccccc1[N+](=O)[O-]. The highest BCUT2D eigenvalue weighted by atomic mass is 16.6. The van der Waals surface area contributed by atoms with E-state index in [-0.39, 0.29) is 23.8 Å². The smallest absolute Gasteiger partial charge is 0.292 e. The van der Waals surface area contributed by atoms with Crippen LogP contribution in [0.15, 0.2) is 42.7 Å². The van der Waals surface area contributed by atoms with Crippen LogP contribution in [0, 0.1) is 10.1 Å². The number of nitro benzene ring substituents is 1. The zero-order valence-electron chi connectivity index (χ0n) is 13.5. The van der Waals surface area contributed by atoms with Gasteiger partial charge in [-0.25, -0.2) is 9.97 Å². The Kier molecular flexibility index (Phi) is 5.14. The molecule has 1 aliphatic rings. The van der Waals surface area contributed by atoms with Gasteiger partial charge in [0.1, 0.15) is 5.69 Å². The van der Waals surface area contributed by atoms with E-state index in [1.165, 1.54) is 12.1 Å². The van der Waals surface area contributed by atoms with Crippen molar-refractivity contribution in [2.45, 2.75) is 0 Å². The highest BCUT2D eigenvalue weighted by Gasteiger charge is 2.21. The first-order valence-electron chi connectivity index (χ1n) is 7.91. The number of rotatable bonds is 5. The summed E-state index contributed by atoms with van der Waals surface area (Å²) in [7, 11) is 0. The normalized spacial score (nSPS) is 15.0. The number of aromatic nitrogens is 2. The van der Waals surface area contributed by atoms with Crippen LogP contribution >= 0.6 is 0 Å². The molecule has 0 saturated carbocycles. The molecule has 0 radical (unpaired) electrons. The lowest BCUT2D eigenvalue weighted by molar-refractivity contribution is -0.383. The number of carbonyl (C=O) groups is 1. The van der Waals surface area contributed by atoms with Crippen LogP contribution in [0.3, 0.4) is 0 Å². The van der Waals surface area contributed by atoms with Crippen LogP contribution in [-0.4, -0.2) is 58.4 Å². The van der Waals surface area contributed by atoms with Crippen LogP contribution < -0.4 is 10.2 Å². The summed E-state index contributed by atoms with van der Waals surface area (Å²) in [4.78, 5) is 35.2. The van der Waals surface area contributed by atoms with E-state index in [0.29, 0.717) is 19.0 Å². The van der Waals surface area contributed by atoms with E-state index in [0.717, 1.165) is 13.1 Å². The fourth-order valence-corrected chi connectivity index (χ4v) is 2.69. The minimum absolute atomic E-state index is 0.109. The Bertz CT molecular complexity index is 747. The topological polar surface area (TPSA) is 104 Å². The van der Waals surface area contributed by atoms with Crippen LogP contribution in [0.2, 0.25) is 0 Å². The lowest BCUT2D eigenvalue weighted by Crippen LogP contribution is -2.49. The van der Waals surface area contributed by atoms with Gasteiger partial charge < -0.3 is 10.2 Å². The van der Waals surface area contributed by atoms with E-state index in [9.17, 15) is 14.9 Å². The van der Waals surface area contributed by atoms with Gasteiger partial charge in [-0.2, -0.15) is 0 Å². The van der Waals surface area contributed by atoms with E-state index in [2.05, 4.69) is 20.2 Å². The molecule has 0 unspecified atom stereocenters. The highest BCUT2D eigenvalue weighted by Crippen LogP contribution is 2.23. The van der Waals surface area contributed by atoms with Crippen LogP contribution in [0.25, 0.3) is 0 Å². The predicted octanol–water partition coefficient (Wildman–Crippen LogP) is 1.15. The standard InChI is InChI=1S/C16H18N6O3/c23-15(19-13-4-1-2-5-14(13)22(24)25)12-20-8-10-21(11-9-20)16-17-6-3-7-18-16/h1-7H,8-12H2,(H,19,23). The Morgan fingerprint density at radius 2 is 1.80 bits per heavy atom. The Balaban J connectivity index is 1.52. The third-order valence-electron chi connectivity index (χ3n) is 3.95. The molecule has 1 aromatic carbocycles. The van der Waals surface area contributed by atoms with Gasteiger partial charge in [0.2, 0.25) is 11.9 Å². The van der Waals surface area contributed by atoms with Gasteiger partial charge in [-0.3, -0.25) is 19.8 Å². The van der Waals surface area contributed by atoms with Gasteiger partial charge in [0.05, 0.1) is 11.5 Å². The Morgan fingerprint density at radius 3 is 2.48 bits per heavy atom. The molecule has 0 atom stereocenters. The maximum Gasteiger partial charge on any atom is 0.292 e. The Hall–Kier alpha value is -3.07. The zero-order valence-corrected chi connectivity index (χ0v) is 13.5. The minimum atomic E-state index is -0.506. The minimum Gasteiger partial charge on any atom is -0.338 e. The molecule has 2 aromatic rings. The van der Waals surface area contributed by atoms with Gasteiger partial charge in [-0.1, -0.05) is 12.1 Å². The maximum absolute atomic E-state index is 12.2. The molecule has 130 valence electrons. The molecule has 2 heterocycles. The Labute approximate surface area is 144 Å². The molecule has 0 spiro atoms. The van der Waals surface area contributed by atoms with E-state index in [1.807, 2.05) is 4.90 Å². The van der Waals surface area contributed by atoms with Crippen LogP contribution in [0.5, 0.6) is 0 Å². The Morgan fingerprint density at radius 1 is 1.12 bits per heavy atom. The lowest BCUT2D eigenvalue weighted by Gasteiger charge is -2.34. The van der Waals surface area contributed by atoms with Gasteiger partial charge in [0.15, 0.2) is 0 Å². The van der Waals surface area contributed by atoms with Crippen molar-refractivity contribution in [3.63, 3.8) is 0 Å². The molecule has 1 saturated heterocycles. The molecular weight excluding hydrogens is 324 g/mol. The van der Waals surface area contributed by atoms with E-state index >= 15 is 0 Å². The fraction of sp³-hybridized carbons (Fsp3) is 0.312. The van der Waals surface area contributed by atoms with Gasteiger partial charge in [0.25, 0.3) is 5.69 Å². The van der Waals surface area contributed by atoms with E-state index in [4.69, 9.17) is 0 Å². The number of benzene rings is 1. The molecule has 0 bridgehead atoms. The number of carbonyl (C=O) groups excluding carboxylic acids is 1. The number of nitrogens with one attached hydrogen (secondary N) is 1. The quantitative estimate of drug-likeness (QED) is 0.642. The molecule has 1 amide bonds. The second-order valence-corrected chi connectivity index (χ2v) is 5.63. The number of anilines is 2. The highest BCUT2D eigenvalue weighted by molar-refractivity contribution is 5.94. The van der Waals surface area contributed by atoms with Gasteiger partial charge in [-0.05, 0) is 12.1 Å². The van der Waals surface area contributed by atoms with Crippen LogP contribution in [0.4, 0.5) is 17.3 Å². The molecule has 1 aliphatic heterocycles. The van der Waals surface area contributed by atoms with Crippen molar-refractivity contribution in [2.24, 2.45) is 0 Å². The average molecular weight is 342 g/mol. The summed E-state index contributed by atoms with van der Waals surface area (Å²) in [5.41, 5.74) is 0.107. The molecular formula is C16H18N6O3. The molecule has 25 heavy (non-hydrogen) atoms. The first-order valence-corrected chi connectivity index (χ1v) is 7.91. The summed E-state index contributed by atoms with van der Waals surface area (Å²) in [6, 6.07) is 7.89. The van der Waals surface area contributed by atoms with Crippen LogP contribution in [-0.2, 0) is 4.79 Å². The molecule has 9 nitrogen and oxygen atoms in total. The van der Waals surface area contributed by atoms with Crippen molar-refractivity contribution in [2.75, 3.05) is 42.9 Å². The predicted molar refractivity (Wildman–Crippen MR) is 92.4 cm³/mol. The van der Waals surface area contributed by atoms with Gasteiger partial charge in [-0.15, -0.1) is 0 Å². The molecule has 3 rings (SSSR count). The molecule has 1 N–H and O–H groups in total. The molecule has 9 heteroatoms. The first-order chi connectivity index (χ1) is 12.1. The monoisotopic (exact) mass is 342 g/mol. The number of piperazine rings is 1. The summed E-state index contributed by atoms with van der Waals surface area (Å²) in [5.74, 6) is 0.422. The number of amides is 1. The van der Waals surface area contributed by atoms with E-state index in [1.54, 1.807) is 30.6 Å². The number of hydrogen-bond acceptors (Lipinski definition) is 7. The lowest BCUT2D eigenvalue weighted by atomic mass is 10.2. The van der Waals surface area contributed by atoms with Crippen molar-refractivity contribution < 1.29 is 9.72 Å². The summed E-state index contributed by atoms with van der Waals surface area (Å²) >= 11 is 0. The average Bonchev–Trinajstić information content (AvgIpc) is 2.63. The maximum atomic E-state index is 12.2. The fourth-order valence-electron chi connectivity index (χ4n) is 2.69. The summed E-state index contributed by atoms with van der Waals surface area (Å²) in [6.45, 7) is 3.03. The number of para-hydroxylation sites is 2. The third kappa shape index (κ3) is 4.27. The van der Waals surface area contributed by atoms with Crippen molar-refractivity contribution in [3.8, 4) is 0 Å². The summed E-state index contributed by atoms with van der Waals surface area (Å²) in [5, 5.41) is 13.6. The molecule has 1 aromatic heterocycles. The first kappa shape index (κ1) is 16.8. The zero-order chi connectivity index (χ0) is 17.6. The van der Waals surface area contributed by atoms with Crippen molar-refractivity contribution in [3.05, 3.63) is 52.8 Å².